The molecule has 0 bridgehead atoms. The van der Waals surface area contributed by atoms with Gasteiger partial charge in [0, 0.05) is 18.0 Å². The molecule has 1 aliphatic heterocycles. The second-order valence-corrected chi connectivity index (χ2v) is 8.66. The van der Waals surface area contributed by atoms with Crippen LogP contribution in [-0.4, -0.2) is 21.5 Å². The van der Waals surface area contributed by atoms with Gasteiger partial charge >= 0.3 is 4.87 Å². The minimum Gasteiger partial charge on any atom is -0.494 e. The van der Waals surface area contributed by atoms with Crippen LogP contribution in [0.25, 0.3) is 33.0 Å². The van der Waals surface area contributed by atoms with Crippen molar-refractivity contribution < 1.29 is 14.6 Å². The highest BCUT2D eigenvalue weighted by atomic mass is 32.1. The number of benzene rings is 3. The molecule has 1 N–H and O–H groups in total. The van der Waals surface area contributed by atoms with Gasteiger partial charge in [-0.25, -0.2) is 0 Å². The topological polar surface area (TPSA) is 73.6 Å². The summed E-state index contributed by atoms with van der Waals surface area (Å²) in [7, 11) is 0. The van der Waals surface area contributed by atoms with E-state index in [9.17, 15) is 9.90 Å². The molecule has 0 amide bonds. The van der Waals surface area contributed by atoms with Gasteiger partial charge in [-0.15, -0.1) is 0 Å². The fraction of sp³-hybridized carbons (Fsp3) is 0.0769. The summed E-state index contributed by atoms with van der Waals surface area (Å²) in [5.74, 6) is 1.48. The van der Waals surface area contributed by atoms with Crippen LogP contribution in [0.3, 0.4) is 0 Å². The number of thiazole rings is 1. The van der Waals surface area contributed by atoms with Crippen LogP contribution in [0.2, 0.25) is 0 Å². The zero-order chi connectivity index (χ0) is 22.4. The van der Waals surface area contributed by atoms with E-state index in [1.165, 1.54) is 9.95 Å². The van der Waals surface area contributed by atoms with Crippen molar-refractivity contribution in [2.45, 2.75) is 6.54 Å². The molecule has 0 radical (unpaired) electrons. The largest absolute Gasteiger partial charge is 0.494 e. The first-order chi connectivity index (χ1) is 16.2. The van der Waals surface area contributed by atoms with Gasteiger partial charge in [-0.1, -0.05) is 35.6 Å². The summed E-state index contributed by atoms with van der Waals surface area (Å²) < 4.78 is 12.8. The van der Waals surface area contributed by atoms with Gasteiger partial charge in [-0.3, -0.25) is 14.3 Å². The quantitative estimate of drug-likeness (QED) is 0.400. The highest BCUT2D eigenvalue weighted by Crippen LogP contribution is 2.44. The summed E-state index contributed by atoms with van der Waals surface area (Å²) >= 11 is 0.996. The molecular formula is C26H18N2O4S. The highest BCUT2D eigenvalue weighted by molar-refractivity contribution is 7.07. The first-order valence-corrected chi connectivity index (χ1v) is 11.3. The van der Waals surface area contributed by atoms with Crippen molar-refractivity contribution in [3.8, 4) is 39.6 Å². The lowest BCUT2D eigenvalue weighted by Crippen LogP contribution is -2.13. The van der Waals surface area contributed by atoms with Crippen molar-refractivity contribution in [2.24, 2.45) is 0 Å². The third-order valence-electron chi connectivity index (χ3n) is 5.80. The standard InChI is InChI=1S/C26H18N2O4S/c29-24-14-33-26(30)28(24)13-16-1-2-19-10-20(4-3-18(19)9-16)21-11-22(17-5-7-27-8-6-17)25-23(12-21)31-15-32-25/h1-12,14,29H,13,15H2. The molecule has 1 aliphatic rings. The fourth-order valence-corrected chi connectivity index (χ4v) is 4.77. The summed E-state index contributed by atoms with van der Waals surface area (Å²) in [5, 5.41) is 13.5. The van der Waals surface area contributed by atoms with Crippen molar-refractivity contribution in [1.82, 2.24) is 9.55 Å². The molecule has 6 rings (SSSR count). The predicted molar refractivity (Wildman–Crippen MR) is 128 cm³/mol. The lowest BCUT2D eigenvalue weighted by Gasteiger charge is -2.11. The zero-order valence-corrected chi connectivity index (χ0v) is 18.2. The van der Waals surface area contributed by atoms with Gasteiger partial charge in [0.05, 0.1) is 11.9 Å². The lowest BCUT2D eigenvalue weighted by molar-refractivity contribution is 0.174. The zero-order valence-electron chi connectivity index (χ0n) is 17.4. The Morgan fingerprint density at radius 1 is 0.909 bits per heavy atom. The normalized spacial score (nSPS) is 12.4. The van der Waals surface area contributed by atoms with Crippen LogP contribution in [-0.2, 0) is 6.54 Å². The Hall–Kier alpha value is -4.10. The Kier molecular flexibility index (Phi) is 4.62. The number of hydrogen-bond acceptors (Lipinski definition) is 6. The van der Waals surface area contributed by atoms with E-state index in [2.05, 4.69) is 29.2 Å². The molecule has 3 aromatic carbocycles. The molecule has 3 heterocycles. The summed E-state index contributed by atoms with van der Waals surface area (Å²) in [6, 6.07) is 20.4. The van der Waals surface area contributed by atoms with Crippen molar-refractivity contribution >= 4 is 22.1 Å². The second kappa shape index (κ2) is 7.79. The van der Waals surface area contributed by atoms with E-state index in [0.717, 1.165) is 61.4 Å². The molecule has 0 saturated heterocycles. The van der Waals surface area contributed by atoms with E-state index in [1.807, 2.05) is 36.4 Å². The molecular weight excluding hydrogens is 436 g/mol. The van der Waals surface area contributed by atoms with Crippen molar-refractivity contribution in [1.29, 1.82) is 0 Å². The number of hydrogen-bond donors (Lipinski definition) is 1. The van der Waals surface area contributed by atoms with Gasteiger partial charge in [-0.2, -0.15) is 0 Å². The Morgan fingerprint density at radius 2 is 1.73 bits per heavy atom. The Morgan fingerprint density at radius 3 is 2.55 bits per heavy atom. The highest BCUT2D eigenvalue weighted by Gasteiger charge is 2.21. The van der Waals surface area contributed by atoms with E-state index >= 15 is 0 Å². The molecule has 0 saturated carbocycles. The predicted octanol–water partition coefficient (Wildman–Crippen LogP) is 5.27. The number of rotatable bonds is 4. The minimum atomic E-state index is -0.171. The number of pyridine rings is 1. The summed E-state index contributed by atoms with van der Waals surface area (Å²) in [4.78, 5) is 15.9. The SMILES string of the molecule is O=c1scc(O)n1Cc1ccc2cc(-c3cc4c(c(-c5ccncc5)c3)OCO4)ccc2c1. The first-order valence-electron chi connectivity index (χ1n) is 10.4. The third kappa shape index (κ3) is 3.52. The van der Waals surface area contributed by atoms with Gasteiger partial charge in [-0.05, 0) is 69.4 Å². The number of aromatic nitrogens is 2. The van der Waals surface area contributed by atoms with Crippen LogP contribution in [0.1, 0.15) is 5.56 Å². The molecule has 0 atom stereocenters. The van der Waals surface area contributed by atoms with Crippen LogP contribution in [0.15, 0.2) is 83.2 Å². The van der Waals surface area contributed by atoms with Gasteiger partial charge in [0.25, 0.3) is 0 Å². The number of aromatic hydroxyl groups is 1. The van der Waals surface area contributed by atoms with E-state index in [4.69, 9.17) is 9.47 Å². The monoisotopic (exact) mass is 454 g/mol. The van der Waals surface area contributed by atoms with Gasteiger partial charge in [0.15, 0.2) is 11.5 Å². The maximum absolute atomic E-state index is 11.9. The number of fused-ring (bicyclic) bond motifs is 2. The molecule has 162 valence electrons. The van der Waals surface area contributed by atoms with Crippen LogP contribution in [0.4, 0.5) is 0 Å². The number of nitrogens with zero attached hydrogens (tertiary/aromatic N) is 2. The Balaban J connectivity index is 1.39. The summed E-state index contributed by atoms with van der Waals surface area (Å²) in [5.41, 5.74) is 5.04. The first kappa shape index (κ1) is 19.6. The second-order valence-electron chi connectivity index (χ2n) is 7.84. The third-order valence-corrected chi connectivity index (χ3v) is 6.56. The minimum absolute atomic E-state index is 0.00625. The fourth-order valence-electron chi connectivity index (χ4n) is 4.15. The molecule has 2 aromatic heterocycles. The van der Waals surface area contributed by atoms with E-state index < -0.39 is 0 Å². The van der Waals surface area contributed by atoms with Crippen molar-refractivity contribution in [2.75, 3.05) is 6.79 Å². The van der Waals surface area contributed by atoms with Crippen molar-refractivity contribution in [3.63, 3.8) is 0 Å². The van der Waals surface area contributed by atoms with Crippen LogP contribution < -0.4 is 14.3 Å². The van der Waals surface area contributed by atoms with E-state index in [0.29, 0.717) is 6.54 Å². The Bertz CT molecular complexity index is 1560. The number of ether oxygens (including phenoxy) is 2. The van der Waals surface area contributed by atoms with Crippen molar-refractivity contribution in [3.05, 3.63) is 93.7 Å². The maximum Gasteiger partial charge on any atom is 0.310 e. The Labute approximate surface area is 192 Å². The summed E-state index contributed by atoms with van der Waals surface area (Å²) in [6.07, 6.45) is 3.53. The van der Waals surface area contributed by atoms with Gasteiger partial charge in [0.1, 0.15) is 0 Å². The van der Waals surface area contributed by atoms with Gasteiger partial charge < -0.3 is 14.6 Å². The maximum atomic E-state index is 11.9. The molecule has 0 spiro atoms. The molecule has 0 unspecified atom stereocenters. The molecule has 0 fully saturated rings. The average molecular weight is 455 g/mol. The van der Waals surface area contributed by atoms with E-state index in [1.54, 1.807) is 12.4 Å². The molecule has 0 aliphatic carbocycles. The van der Waals surface area contributed by atoms with Gasteiger partial charge in [0.2, 0.25) is 12.7 Å². The average Bonchev–Trinajstić information content (AvgIpc) is 3.45. The smallest absolute Gasteiger partial charge is 0.310 e. The van der Waals surface area contributed by atoms with Crippen LogP contribution >= 0.6 is 11.3 Å². The van der Waals surface area contributed by atoms with Crippen LogP contribution in [0, 0.1) is 0 Å². The molecule has 5 aromatic rings. The van der Waals surface area contributed by atoms with Crippen LogP contribution in [0.5, 0.6) is 17.4 Å². The lowest BCUT2D eigenvalue weighted by atomic mass is 9.96. The van der Waals surface area contributed by atoms with E-state index in [-0.39, 0.29) is 17.5 Å². The summed E-state index contributed by atoms with van der Waals surface area (Å²) in [6.45, 7) is 0.545. The molecule has 6 nitrogen and oxygen atoms in total. The molecule has 33 heavy (non-hydrogen) atoms. The molecule has 7 heteroatoms.